The number of methoxy groups -OCH3 is 2. The van der Waals surface area contributed by atoms with Crippen LogP contribution < -0.4 is 14.8 Å². The molecule has 0 aliphatic rings. The van der Waals surface area contributed by atoms with Gasteiger partial charge in [0, 0.05) is 30.2 Å². The average Bonchev–Trinajstić information content (AvgIpc) is 2.93. The number of carbonyl (C=O) groups is 1. The number of hydrogen-bond acceptors (Lipinski definition) is 3. The third kappa shape index (κ3) is 3.92. The number of fused-ring (bicyclic) bond motifs is 1. The second kappa shape index (κ2) is 8.16. The molecule has 0 bridgehead atoms. The van der Waals surface area contributed by atoms with E-state index in [9.17, 15) is 4.79 Å². The van der Waals surface area contributed by atoms with Crippen molar-refractivity contribution in [3.63, 3.8) is 0 Å². The fraction of sp³-hybridized carbons (Fsp3) is 0.318. The largest absolute Gasteiger partial charge is 0.493 e. The third-order valence-corrected chi connectivity index (χ3v) is 5.05. The van der Waals surface area contributed by atoms with Crippen LogP contribution in [0.3, 0.4) is 0 Å². The van der Waals surface area contributed by atoms with Gasteiger partial charge in [0.25, 0.3) is 0 Å². The van der Waals surface area contributed by atoms with Gasteiger partial charge >= 0.3 is 0 Å². The van der Waals surface area contributed by atoms with Crippen LogP contribution in [0.5, 0.6) is 11.5 Å². The molecule has 27 heavy (non-hydrogen) atoms. The van der Waals surface area contributed by atoms with E-state index >= 15 is 0 Å². The molecule has 0 saturated heterocycles. The van der Waals surface area contributed by atoms with Crippen LogP contribution in [0.15, 0.2) is 42.5 Å². The molecule has 142 valence electrons. The number of aromatic nitrogens is 1. The Morgan fingerprint density at radius 2 is 1.81 bits per heavy atom. The van der Waals surface area contributed by atoms with Crippen LogP contribution in [-0.2, 0) is 24.7 Å². The van der Waals surface area contributed by atoms with E-state index in [0.29, 0.717) is 24.5 Å². The fourth-order valence-corrected chi connectivity index (χ4v) is 3.43. The maximum atomic E-state index is 12.5. The van der Waals surface area contributed by atoms with Crippen LogP contribution in [0.4, 0.5) is 0 Å². The summed E-state index contributed by atoms with van der Waals surface area (Å²) in [5, 5.41) is 4.17. The fourth-order valence-electron chi connectivity index (χ4n) is 3.43. The molecule has 3 aromatic rings. The van der Waals surface area contributed by atoms with Crippen molar-refractivity contribution < 1.29 is 14.3 Å². The second-order valence-corrected chi connectivity index (χ2v) is 6.61. The molecule has 0 spiro atoms. The third-order valence-electron chi connectivity index (χ3n) is 5.05. The van der Waals surface area contributed by atoms with Gasteiger partial charge in [-0.1, -0.05) is 24.3 Å². The van der Waals surface area contributed by atoms with E-state index < -0.39 is 0 Å². The van der Waals surface area contributed by atoms with Gasteiger partial charge in [0.15, 0.2) is 11.5 Å². The van der Waals surface area contributed by atoms with Crippen molar-refractivity contribution in [3.05, 3.63) is 59.3 Å². The van der Waals surface area contributed by atoms with Gasteiger partial charge in [0.2, 0.25) is 5.91 Å². The molecule has 0 saturated carbocycles. The summed E-state index contributed by atoms with van der Waals surface area (Å²) in [5.41, 5.74) is 4.47. The van der Waals surface area contributed by atoms with E-state index in [0.717, 1.165) is 34.1 Å². The summed E-state index contributed by atoms with van der Waals surface area (Å²) in [6.45, 7) is 2.64. The Morgan fingerprint density at radius 1 is 1.07 bits per heavy atom. The molecule has 1 heterocycles. The summed E-state index contributed by atoms with van der Waals surface area (Å²) in [7, 11) is 5.28. The maximum Gasteiger partial charge on any atom is 0.224 e. The minimum Gasteiger partial charge on any atom is -0.493 e. The van der Waals surface area contributed by atoms with Crippen LogP contribution in [0.2, 0.25) is 0 Å². The molecule has 0 aliphatic carbocycles. The van der Waals surface area contributed by atoms with Crippen molar-refractivity contribution in [3.8, 4) is 11.5 Å². The number of para-hydroxylation sites is 1. The Balaban J connectivity index is 1.62. The molecule has 0 atom stereocenters. The molecule has 0 aliphatic heterocycles. The first kappa shape index (κ1) is 18.8. The quantitative estimate of drug-likeness (QED) is 0.697. The van der Waals surface area contributed by atoms with Crippen LogP contribution in [0, 0.1) is 6.92 Å². The smallest absolute Gasteiger partial charge is 0.224 e. The van der Waals surface area contributed by atoms with Crippen molar-refractivity contribution in [2.24, 2.45) is 7.05 Å². The standard InChI is InChI=1S/C22H26N2O3/c1-15-18(17-7-5-6-8-19(17)24(15)2)14-22(25)23-12-11-16-9-10-20(26-3)21(13-16)27-4/h5-10,13H,11-12,14H2,1-4H3,(H,23,25). The summed E-state index contributed by atoms with van der Waals surface area (Å²) in [6.07, 6.45) is 1.12. The van der Waals surface area contributed by atoms with Gasteiger partial charge in [-0.05, 0) is 42.7 Å². The molecular formula is C22H26N2O3. The number of rotatable bonds is 7. The number of nitrogens with zero attached hydrogens (tertiary/aromatic N) is 1. The van der Waals surface area contributed by atoms with Crippen molar-refractivity contribution >= 4 is 16.8 Å². The van der Waals surface area contributed by atoms with Crippen molar-refractivity contribution in [1.29, 1.82) is 0 Å². The Hall–Kier alpha value is -2.95. The lowest BCUT2D eigenvalue weighted by Gasteiger charge is -2.10. The van der Waals surface area contributed by atoms with Gasteiger partial charge in [-0.25, -0.2) is 0 Å². The molecular weight excluding hydrogens is 340 g/mol. The van der Waals surface area contributed by atoms with E-state index in [1.807, 2.05) is 37.4 Å². The topological polar surface area (TPSA) is 52.5 Å². The Bertz CT molecular complexity index is 960. The zero-order chi connectivity index (χ0) is 19.4. The molecule has 0 unspecified atom stereocenters. The normalized spacial score (nSPS) is 10.8. The lowest BCUT2D eigenvalue weighted by atomic mass is 10.1. The number of carbonyl (C=O) groups excluding carboxylic acids is 1. The lowest BCUT2D eigenvalue weighted by molar-refractivity contribution is -0.120. The number of nitrogens with one attached hydrogen (secondary N) is 1. The number of hydrogen-bond donors (Lipinski definition) is 1. The highest BCUT2D eigenvalue weighted by Crippen LogP contribution is 2.28. The van der Waals surface area contributed by atoms with Crippen LogP contribution in [0.25, 0.3) is 10.9 Å². The molecule has 0 fully saturated rings. The van der Waals surface area contributed by atoms with Crippen LogP contribution >= 0.6 is 0 Å². The predicted octanol–water partition coefficient (Wildman–Crippen LogP) is 3.41. The van der Waals surface area contributed by atoms with E-state index in [2.05, 4.69) is 28.9 Å². The molecule has 5 heteroatoms. The monoisotopic (exact) mass is 366 g/mol. The first-order valence-corrected chi connectivity index (χ1v) is 9.05. The Morgan fingerprint density at radius 3 is 2.56 bits per heavy atom. The number of aryl methyl sites for hydroxylation is 1. The maximum absolute atomic E-state index is 12.5. The van der Waals surface area contributed by atoms with Crippen molar-refractivity contribution in [1.82, 2.24) is 9.88 Å². The molecule has 1 aromatic heterocycles. The zero-order valence-corrected chi connectivity index (χ0v) is 16.3. The van der Waals surface area contributed by atoms with E-state index in [1.54, 1.807) is 14.2 Å². The molecule has 2 aromatic carbocycles. The summed E-state index contributed by atoms with van der Waals surface area (Å²) < 4.78 is 12.7. The summed E-state index contributed by atoms with van der Waals surface area (Å²) in [4.78, 5) is 12.5. The average molecular weight is 366 g/mol. The van der Waals surface area contributed by atoms with Gasteiger partial charge in [0.1, 0.15) is 0 Å². The SMILES string of the molecule is COc1ccc(CCNC(=O)Cc2c(C)n(C)c3ccccc23)cc1OC. The highest BCUT2D eigenvalue weighted by atomic mass is 16.5. The minimum absolute atomic E-state index is 0.0370. The van der Waals surface area contributed by atoms with Crippen LogP contribution in [0.1, 0.15) is 16.8 Å². The van der Waals surface area contributed by atoms with Crippen LogP contribution in [-0.4, -0.2) is 31.2 Å². The molecule has 1 amide bonds. The Labute approximate surface area is 159 Å². The van der Waals surface area contributed by atoms with Gasteiger partial charge in [-0.3, -0.25) is 4.79 Å². The van der Waals surface area contributed by atoms with Gasteiger partial charge in [-0.15, -0.1) is 0 Å². The summed E-state index contributed by atoms with van der Waals surface area (Å²) >= 11 is 0. The Kier molecular flexibility index (Phi) is 5.69. The molecule has 0 radical (unpaired) electrons. The first-order chi connectivity index (χ1) is 13.0. The molecule has 1 N–H and O–H groups in total. The first-order valence-electron chi connectivity index (χ1n) is 9.05. The predicted molar refractivity (Wildman–Crippen MR) is 108 cm³/mol. The van der Waals surface area contributed by atoms with Crippen molar-refractivity contribution in [2.45, 2.75) is 19.8 Å². The molecule has 5 nitrogen and oxygen atoms in total. The molecule has 3 rings (SSSR count). The zero-order valence-electron chi connectivity index (χ0n) is 16.3. The van der Waals surface area contributed by atoms with Crippen molar-refractivity contribution in [2.75, 3.05) is 20.8 Å². The lowest BCUT2D eigenvalue weighted by Crippen LogP contribution is -2.27. The second-order valence-electron chi connectivity index (χ2n) is 6.61. The summed E-state index contributed by atoms with van der Waals surface area (Å²) in [5.74, 6) is 1.44. The van der Waals surface area contributed by atoms with Gasteiger partial charge < -0.3 is 19.4 Å². The highest BCUT2D eigenvalue weighted by molar-refractivity contribution is 5.90. The summed E-state index contributed by atoms with van der Waals surface area (Å²) in [6, 6.07) is 14.0. The minimum atomic E-state index is 0.0370. The number of ether oxygens (including phenoxy) is 2. The number of amides is 1. The number of benzene rings is 2. The highest BCUT2D eigenvalue weighted by Gasteiger charge is 2.14. The van der Waals surface area contributed by atoms with E-state index in [4.69, 9.17) is 9.47 Å². The van der Waals surface area contributed by atoms with E-state index in [1.165, 1.54) is 0 Å². The van der Waals surface area contributed by atoms with Gasteiger partial charge in [0.05, 0.1) is 20.6 Å². The van der Waals surface area contributed by atoms with Gasteiger partial charge in [-0.2, -0.15) is 0 Å². The van der Waals surface area contributed by atoms with E-state index in [-0.39, 0.29) is 5.91 Å².